The van der Waals surface area contributed by atoms with Crippen LogP contribution < -0.4 is 16.2 Å². The van der Waals surface area contributed by atoms with Gasteiger partial charge in [-0.25, -0.2) is 4.79 Å². The number of benzene rings is 1. The quantitative estimate of drug-likeness (QED) is 0.324. The molecule has 1 heterocycles. The van der Waals surface area contributed by atoms with Crippen molar-refractivity contribution < 1.29 is 28.7 Å². The van der Waals surface area contributed by atoms with E-state index in [0.29, 0.717) is 17.9 Å². The number of hydrogen-bond acceptors (Lipinski definition) is 6. The van der Waals surface area contributed by atoms with E-state index >= 15 is 0 Å². The molecule has 0 aliphatic carbocycles. The lowest BCUT2D eigenvalue weighted by molar-refractivity contribution is -0.151. The molecular weight excluding hydrogens is 392 g/mol. The molecule has 1 aromatic rings. The minimum Gasteiger partial charge on any atom is -0.454 e. The van der Waals surface area contributed by atoms with Gasteiger partial charge < -0.3 is 10.1 Å². The number of amides is 5. The SMILES string of the molecule is CC(C)CC[C@]1(C)NC(=O)N(CC(=O)OCC(=O)NNC(=O)c2ccccc2)C1=O. The zero-order valence-corrected chi connectivity index (χ0v) is 17.2. The fraction of sp³-hybridized carbons (Fsp3) is 0.450. The normalized spacial score (nSPS) is 18.2. The minimum absolute atomic E-state index is 0.342. The fourth-order valence-electron chi connectivity index (χ4n) is 2.78. The number of nitrogens with one attached hydrogen (secondary N) is 3. The monoisotopic (exact) mass is 418 g/mol. The zero-order valence-electron chi connectivity index (χ0n) is 17.2. The van der Waals surface area contributed by atoms with Crippen molar-refractivity contribution in [2.75, 3.05) is 13.2 Å². The minimum atomic E-state index is -1.07. The van der Waals surface area contributed by atoms with Crippen molar-refractivity contribution in [2.45, 2.75) is 39.2 Å². The Hall–Kier alpha value is -3.43. The average molecular weight is 418 g/mol. The zero-order chi connectivity index (χ0) is 22.3. The second kappa shape index (κ2) is 9.86. The van der Waals surface area contributed by atoms with Gasteiger partial charge >= 0.3 is 12.0 Å². The van der Waals surface area contributed by atoms with Crippen LogP contribution in [0.25, 0.3) is 0 Å². The fourth-order valence-corrected chi connectivity index (χ4v) is 2.78. The van der Waals surface area contributed by atoms with Crippen LogP contribution in [0.1, 0.15) is 44.0 Å². The first kappa shape index (κ1) is 22.9. The van der Waals surface area contributed by atoms with Crippen molar-refractivity contribution in [1.82, 2.24) is 21.1 Å². The van der Waals surface area contributed by atoms with E-state index in [-0.39, 0.29) is 0 Å². The molecule has 1 aromatic carbocycles. The predicted octanol–water partition coefficient (Wildman–Crippen LogP) is 0.738. The van der Waals surface area contributed by atoms with Crippen LogP contribution in [0.15, 0.2) is 30.3 Å². The van der Waals surface area contributed by atoms with Crippen LogP contribution >= 0.6 is 0 Å². The third-order valence-electron chi connectivity index (χ3n) is 4.57. The van der Waals surface area contributed by atoms with Crippen molar-refractivity contribution in [1.29, 1.82) is 0 Å². The highest BCUT2D eigenvalue weighted by Gasteiger charge is 2.48. The van der Waals surface area contributed by atoms with E-state index in [1.165, 1.54) is 0 Å². The van der Waals surface area contributed by atoms with Gasteiger partial charge in [0.05, 0.1) is 0 Å². The molecule has 1 atom stereocenters. The number of esters is 1. The predicted molar refractivity (Wildman–Crippen MR) is 106 cm³/mol. The topological polar surface area (TPSA) is 134 Å². The number of imide groups is 1. The number of nitrogens with zero attached hydrogens (tertiary/aromatic N) is 1. The van der Waals surface area contributed by atoms with Gasteiger partial charge in [-0.05, 0) is 37.8 Å². The maximum atomic E-state index is 12.5. The van der Waals surface area contributed by atoms with Gasteiger partial charge in [-0.1, -0.05) is 32.0 Å². The molecule has 1 fully saturated rings. The van der Waals surface area contributed by atoms with Crippen molar-refractivity contribution in [3.8, 4) is 0 Å². The smallest absolute Gasteiger partial charge is 0.326 e. The van der Waals surface area contributed by atoms with E-state index in [1.807, 2.05) is 13.8 Å². The summed E-state index contributed by atoms with van der Waals surface area (Å²) < 4.78 is 4.79. The second-order valence-electron chi connectivity index (χ2n) is 7.62. The Balaban J connectivity index is 1.77. The van der Waals surface area contributed by atoms with Gasteiger partial charge in [0.1, 0.15) is 12.1 Å². The summed E-state index contributed by atoms with van der Waals surface area (Å²) >= 11 is 0. The van der Waals surface area contributed by atoms with E-state index in [1.54, 1.807) is 37.3 Å². The van der Waals surface area contributed by atoms with Gasteiger partial charge in [0, 0.05) is 5.56 Å². The Morgan fingerprint density at radius 1 is 1.13 bits per heavy atom. The lowest BCUT2D eigenvalue weighted by Gasteiger charge is -2.22. The maximum absolute atomic E-state index is 12.5. The number of ether oxygens (including phenoxy) is 1. The first-order valence-electron chi connectivity index (χ1n) is 9.56. The summed E-state index contributed by atoms with van der Waals surface area (Å²) in [6, 6.07) is 7.53. The molecule has 10 nitrogen and oxygen atoms in total. The van der Waals surface area contributed by atoms with Crippen LogP contribution in [0.2, 0.25) is 0 Å². The first-order valence-corrected chi connectivity index (χ1v) is 9.56. The highest BCUT2D eigenvalue weighted by atomic mass is 16.5. The van der Waals surface area contributed by atoms with Gasteiger partial charge in [-0.2, -0.15) is 0 Å². The lowest BCUT2D eigenvalue weighted by Crippen LogP contribution is -2.45. The summed E-state index contributed by atoms with van der Waals surface area (Å²) in [6.45, 7) is 4.34. The number of carbonyl (C=O) groups excluding carboxylic acids is 5. The molecule has 162 valence electrons. The Morgan fingerprint density at radius 3 is 2.43 bits per heavy atom. The van der Waals surface area contributed by atoms with Crippen molar-refractivity contribution in [3.05, 3.63) is 35.9 Å². The van der Waals surface area contributed by atoms with E-state index < -0.39 is 48.4 Å². The molecule has 3 N–H and O–H groups in total. The van der Waals surface area contributed by atoms with Crippen molar-refractivity contribution in [2.24, 2.45) is 5.92 Å². The molecule has 2 rings (SSSR count). The number of hydrazine groups is 1. The molecule has 0 unspecified atom stereocenters. The van der Waals surface area contributed by atoms with Gasteiger partial charge in [0.2, 0.25) is 0 Å². The van der Waals surface area contributed by atoms with Gasteiger partial charge in [-0.15, -0.1) is 0 Å². The van der Waals surface area contributed by atoms with Crippen LogP contribution in [-0.2, 0) is 19.1 Å². The summed E-state index contributed by atoms with van der Waals surface area (Å²) in [7, 11) is 0. The molecule has 0 saturated carbocycles. The first-order chi connectivity index (χ1) is 14.1. The van der Waals surface area contributed by atoms with Crippen LogP contribution in [0.5, 0.6) is 0 Å². The highest BCUT2D eigenvalue weighted by Crippen LogP contribution is 2.24. The van der Waals surface area contributed by atoms with E-state index in [4.69, 9.17) is 4.74 Å². The molecule has 30 heavy (non-hydrogen) atoms. The molecular formula is C20H26N4O6. The number of carbonyl (C=O) groups is 5. The lowest BCUT2D eigenvalue weighted by atomic mass is 9.92. The largest absolute Gasteiger partial charge is 0.454 e. The summed E-state index contributed by atoms with van der Waals surface area (Å²) in [6.07, 6.45) is 1.18. The standard InChI is InChI=1S/C20H26N4O6/c1-13(2)9-10-20(3)18(28)24(19(29)21-20)11-16(26)30-12-15(25)22-23-17(27)14-7-5-4-6-8-14/h4-8,13H,9-12H2,1-3H3,(H,21,29)(H,22,25)(H,23,27)/t20-/m0/s1. The molecule has 1 aliphatic rings. The Bertz CT molecular complexity index is 826. The Kier molecular flexibility index (Phi) is 7.51. The third kappa shape index (κ3) is 6.03. The molecule has 1 saturated heterocycles. The number of hydrogen-bond donors (Lipinski definition) is 3. The average Bonchev–Trinajstić information content (AvgIpc) is 2.93. The van der Waals surface area contributed by atoms with Crippen LogP contribution in [0, 0.1) is 5.92 Å². The Labute approximate surface area is 174 Å². The van der Waals surface area contributed by atoms with Crippen molar-refractivity contribution in [3.63, 3.8) is 0 Å². The molecule has 0 bridgehead atoms. The highest BCUT2D eigenvalue weighted by molar-refractivity contribution is 6.08. The Morgan fingerprint density at radius 2 is 1.80 bits per heavy atom. The van der Waals surface area contributed by atoms with E-state index in [9.17, 15) is 24.0 Å². The van der Waals surface area contributed by atoms with Gasteiger partial charge in [0.25, 0.3) is 17.7 Å². The van der Waals surface area contributed by atoms with E-state index in [0.717, 1.165) is 11.3 Å². The third-order valence-corrected chi connectivity index (χ3v) is 4.57. The summed E-state index contributed by atoms with van der Waals surface area (Å²) in [5, 5.41) is 2.61. The molecule has 0 spiro atoms. The summed E-state index contributed by atoms with van der Waals surface area (Å²) in [5.41, 5.74) is 3.57. The maximum Gasteiger partial charge on any atom is 0.326 e. The molecule has 0 radical (unpaired) electrons. The number of rotatable bonds is 8. The molecule has 0 aromatic heterocycles. The molecule has 1 aliphatic heterocycles. The van der Waals surface area contributed by atoms with Crippen molar-refractivity contribution >= 4 is 29.7 Å². The van der Waals surface area contributed by atoms with Gasteiger partial charge in [0.15, 0.2) is 6.61 Å². The number of urea groups is 1. The van der Waals surface area contributed by atoms with Crippen LogP contribution in [0.3, 0.4) is 0 Å². The second-order valence-corrected chi connectivity index (χ2v) is 7.62. The summed E-state index contributed by atoms with van der Waals surface area (Å²) in [5.74, 6) is -2.38. The van der Waals surface area contributed by atoms with Crippen LogP contribution in [-0.4, -0.2) is 53.3 Å². The van der Waals surface area contributed by atoms with Gasteiger partial charge in [-0.3, -0.25) is 34.9 Å². The molecule has 5 amide bonds. The van der Waals surface area contributed by atoms with Crippen LogP contribution in [0.4, 0.5) is 4.79 Å². The summed E-state index contributed by atoms with van der Waals surface area (Å²) in [4.78, 5) is 60.9. The molecule has 10 heteroatoms. The van der Waals surface area contributed by atoms with E-state index in [2.05, 4.69) is 16.2 Å².